The summed E-state index contributed by atoms with van der Waals surface area (Å²) >= 11 is 0. The van der Waals surface area contributed by atoms with Crippen LogP contribution in [0.1, 0.15) is 26.6 Å². The van der Waals surface area contributed by atoms with E-state index in [1.54, 1.807) is 0 Å². The van der Waals surface area contributed by atoms with Gasteiger partial charge in [0, 0.05) is 19.2 Å². The second-order valence-corrected chi connectivity index (χ2v) is 4.65. The predicted molar refractivity (Wildman–Crippen MR) is 69.0 cm³/mol. The number of rotatable bonds is 6. The summed E-state index contributed by atoms with van der Waals surface area (Å²) in [6, 6.07) is 1.29. The molecule has 0 aliphatic carbocycles. The Labute approximate surface area is 114 Å². The molecular weight excluding hydrogens is 275 g/mol. The lowest BCUT2D eigenvalue weighted by atomic mass is 10.1. The van der Waals surface area contributed by atoms with Crippen molar-refractivity contribution in [2.24, 2.45) is 5.84 Å². The normalized spacial score (nSPS) is 12.3. The Morgan fingerprint density at radius 3 is 2.35 bits per heavy atom. The van der Waals surface area contributed by atoms with Crippen LogP contribution < -0.4 is 16.6 Å². The molecule has 1 heterocycles. The lowest BCUT2D eigenvalue weighted by molar-refractivity contribution is -0.144. The third kappa shape index (κ3) is 4.82. The summed E-state index contributed by atoms with van der Waals surface area (Å²) in [5.41, 5.74) is 1.55. The van der Waals surface area contributed by atoms with E-state index >= 15 is 0 Å². The van der Waals surface area contributed by atoms with E-state index in [1.807, 2.05) is 20.8 Å². The Hall–Kier alpha value is -1.61. The third-order valence-electron chi connectivity index (χ3n) is 2.36. The second kappa shape index (κ2) is 6.23. The van der Waals surface area contributed by atoms with Gasteiger partial charge in [-0.15, -0.1) is 0 Å². The first-order valence-electron chi connectivity index (χ1n) is 5.98. The van der Waals surface area contributed by atoms with Crippen molar-refractivity contribution < 1.29 is 17.9 Å². The maximum atomic E-state index is 12.6. The molecule has 0 saturated carbocycles. The summed E-state index contributed by atoms with van der Waals surface area (Å²) in [7, 11) is 0. The summed E-state index contributed by atoms with van der Waals surface area (Å²) in [6.07, 6.45) is -4.64. The van der Waals surface area contributed by atoms with Gasteiger partial charge in [0.05, 0.1) is 5.60 Å². The lowest BCUT2D eigenvalue weighted by Gasteiger charge is -2.25. The van der Waals surface area contributed by atoms with E-state index in [0.29, 0.717) is 13.2 Å². The number of nitrogen functional groups attached to an aromatic ring is 1. The lowest BCUT2D eigenvalue weighted by Crippen LogP contribution is -2.33. The molecule has 6 nitrogen and oxygen atoms in total. The summed E-state index contributed by atoms with van der Waals surface area (Å²) in [4.78, 5) is 6.68. The van der Waals surface area contributed by atoms with Gasteiger partial charge < -0.3 is 15.5 Å². The minimum atomic E-state index is -4.64. The van der Waals surface area contributed by atoms with E-state index in [9.17, 15) is 13.2 Å². The summed E-state index contributed by atoms with van der Waals surface area (Å²) in [6.45, 7) is 6.26. The number of halogens is 3. The molecule has 1 rings (SSSR count). The number of ether oxygens (including phenoxy) is 1. The van der Waals surface area contributed by atoms with Crippen molar-refractivity contribution in [1.29, 1.82) is 0 Å². The molecule has 0 bridgehead atoms. The molecule has 0 aromatic carbocycles. The molecule has 1 aromatic heterocycles. The zero-order valence-electron chi connectivity index (χ0n) is 11.5. The van der Waals surface area contributed by atoms with Crippen molar-refractivity contribution in [3.05, 3.63) is 11.9 Å². The van der Waals surface area contributed by atoms with E-state index in [0.717, 1.165) is 0 Å². The average Bonchev–Trinajstić information content (AvgIpc) is 2.35. The van der Waals surface area contributed by atoms with Gasteiger partial charge in [-0.25, -0.2) is 15.8 Å². The number of nitrogens with one attached hydrogen (secondary N) is 2. The number of hydrogen-bond acceptors (Lipinski definition) is 6. The first kappa shape index (κ1) is 16.4. The van der Waals surface area contributed by atoms with Crippen LogP contribution in [0.2, 0.25) is 0 Å². The van der Waals surface area contributed by atoms with Crippen LogP contribution in [0, 0.1) is 0 Å². The molecule has 0 fully saturated rings. The van der Waals surface area contributed by atoms with E-state index in [4.69, 9.17) is 10.6 Å². The molecule has 0 amide bonds. The largest absolute Gasteiger partial charge is 0.451 e. The van der Waals surface area contributed by atoms with Crippen molar-refractivity contribution in [2.75, 3.05) is 23.9 Å². The quantitative estimate of drug-likeness (QED) is 0.549. The molecule has 20 heavy (non-hydrogen) atoms. The maximum absolute atomic E-state index is 12.6. The maximum Gasteiger partial charge on any atom is 0.451 e. The molecule has 0 atom stereocenters. The number of nitrogens with two attached hydrogens (primary N) is 1. The van der Waals surface area contributed by atoms with Crippen LogP contribution in [0.15, 0.2) is 6.07 Å². The van der Waals surface area contributed by atoms with Crippen molar-refractivity contribution in [1.82, 2.24) is 9.97 Å². The van der Waals surface area contributed by atoms with Crippen LogP contribution in [0.5, 0.6) is 0 Å². The predicted octanol–water partition coefficient (Wildman–Crippen LogP) is 2.01. The Bertz CT molecular complexity index is 450. The van der Waals surface area contributed by atoms with Gasteiger partial charge in [0.15, 0.2) is 0 Å². The van der Waals surface area contributed by atoms with Gasteiger partial charge in [0.25, 0.3) is 0 Å². The zero-order valence-corrected chi connectivity index (χ0v) is 11.5. The Morgan fingerprint density at radius 1 is 1.25 bits per heavy atom. The highest BCUT2D eigenvalue weighted by atomic mass is 19.4. The number of aromatic nitrogens is 2. The number of nitrogens with zero attached hydrogens (tertiary/aromatic N) is 2. The Kier molecular flexibility index (Phi) is 5.12. The molecule has 0 aliphatic rings. The van der Waals surface area contributed by atoms with Crippen LogP contribution in [0.3, 0.4) is 0 Å². The minimum absolute atomic E-state index is 0.0213. The third-order valence-corrected chi connectivity index (χ3v) is 2.36. The van der Waals surface area contributed by atoms with Crippen LogP contribution >= 0.6 is 0 Å². The number of anilines is 2. The average molecular weight is 293 g/mol. The molecule has 0 spiro atoms. The highest BCUT2D eigenvalue weighted by molar-refractivity contribution is 5.47. The molecule has 1 aromatic rings. The molecular formula is C11H18F3N5O. The first-order valence-corrected chi connectivity index (χ1v) is 5.98. The van der Waals surface area contributed by atoms with E-state index in [2.05, 4.69) is 20.7 Å². The van der Waals surface area contributed by atoms with Crippen LogP contribution in [0.25, 0.3) is 0 Å². The fourth-order valence-electron chi connectivity index (χ4n) is 1.48. The summed E-state index contributed by atoms with van der Waals surface area (Å²) in [5.74, 6) is 3.74. The van der Waals surface area contributed by atoms with Gasteiger partial charge in [-0.05, 0) is 20.8 Å². The van der Waals surface area contributed by atoms with Crippen molar-refractivity contribution in [3.8, 4) is 0 Å². The fraction of sp³-hybridized carbons (Fsp3) is 0.636. The minimum Gasteiger partial charge on any atom is -0.374 e. The van der Waals surface area contributed by atoms with Gasteiger partial charge >= 0.3 is 6.18 Å². The Morgan fingerprint density at radius 2 is 1.85 bits per heavy atom. The molecule has 0 aliphatic heterocycles. The molecule has 114 valence electrons. The summed E-state index contributed by atoms with van der Waals surface area (Å²) in [5, 5.41) is 2.79. The highest BCUT2D eigenvalue weighted by Gasteiger charge is 2.35. The SMILES string of the molecule is CCOC(C)(C)CNc1cc(NN)nc(C(F)(F)F)n1. The Balaban J connectivity index is 2.90. The number of hydrogen-bond donors (Lipinski definition) is 3. The fourth-order valence-corrected chi connectivity index (χ4v) is 1.48. The molecule has 4 N–H and O–H groups in total. The molecule has 0 radical (unpaired) electrons. The van der Waals surface area contributed by atoms with Gasteiger partial charge in [-0.2, -0.15) is 13.2 Å². The van der Waals surface area contributed by atoms with Gasteiger partial charge in [0.2, 0.25) is 5.82 Å². The van der Waals surface area contributed by atoms with Crippen LogP contribution in [-0.2, 0) is 10.9 Å². The van der Waals surface area contributed by atoms with Gasteiger partial charge in [-0.1, -0.05) is 0 Å². The molecule has 0 saturated heterocycles. The van der Waals surface area contributed by atoms with E-state index < -0.39 is 17.6 Å². The molecule has 0 unspecified atom stereocenters. The number of hydrazine groups is 1. The zero-order chi connectivity index (χ0) is 15.4. The highest BCUT2D eigenvalue weighted by Crippen LogP contribution is 2.28. The molecule has 9 heteroatoms. The van der Waals surface area contributed by atoms with Crippen molar-refractivity contribution >= 4 is 11.6 Å². The summed E-state index contributed by atoms with van der Waals surface area (Å²) < 4.78 is 43.3. The standard InChI is InChI=1S/C11H18F3N5O/c1-4-20-10(2,3)6-16-7-5-8(19-15)18-9(17-7)11(12,13)14/h5H,4,6,15H2,1-3H3,(H2,16,17,18,19). The van der Waals surface area contributed by atoms with Crippen LogP contribution in [0.4, 0.5) is 24.8 Å². The van der Waals surface area contributed by atoms with Gasteiger partial charge in [-0.3, -0.25) is 0 Å². The smallest absolute Gasteiger partial charge is 0.374 e. The number of alkyl halides is 3. The van der Waals surface area contributed by atoms with Crippen molar-refractivity contribution in [3.63, 3.8) is 0 Å². The second-order valence-electron chi connectivity index (χ2n) is 4.65. The van der Waals surface area contributed by atoms with Crippen molar-refractivity contribution in [2.45, 2.75) is 32.5 Å². The van der Waals surface area contributed by atoms with Gasteiger partial charge in [0.1, 0.15) is 11.6 Å². The van der Waals surface area contributed by atoms with E-state index in [-0.39, 0.29) is 11.6 Å². The first-order chi connectivity index (χ1) is 9.18. The topological polar surface area (TPSA) is 85.1 Å². The van der Waals surface area contributed by atoms with Crippen LogP contribution in [-0.4, -0.2) is 28.7 Å². The van der Waals surface area contributed by atoms with E-state index in [1.165, 1.54) is 6.07 Å². The monoisotopic (exact) mass is 293 g/mol.